The number of benzene rings is 2. The van der Waals surface area contributed by atoms with Crippen molar-refractivity contribution in [2.24, 2.45) is 0 Å². The zero-order chi connectivity index (χ0) is 19.3. The third-order valence-corrected chi connectivity index (χ3v) is 5.07. The van der Waals surface area contributed by atoms with E-state index in [2.05, 4.69) is 0 Å². The molecule has 0 spiro atoms. The molecule has 0 bridgehead atoms. The first-order chi connectivity index (χ1) is 12.2. The number of phenols is 1. The Morgan fingerprint density at radius 2 is 1.69 bits per heavy atom. The van der Waals surface area contributed by atoms with Crippen LogP contribution in [0.3, 0.4) is 0 Å². The van der Waals surface area contributed by atoms with Gasteiger partial charge in [-0.05, 0) is 50.2 Å². The third kappa shape index (κ3) is 5.13. The second kappa shape index (κ2) is 8.09. The topological polar surface area (TPSA) is 110 Å². The summed E-state index contributed by atoms with van der Waals surface area (Å²) in [4.78, 5) is 11.0. The van der Waals surface area contributed by atoms with E-state index in [0.29, 0.717) is 5.75 Å². The monoisotopic (exact) mass is 380 g/mol. The van der Waals surface area contributed by atoms with E-state index in [1.54, 1.807) is 12.1 Å². The summed E-state index contributed by atoms with van der Waals surface area (Å²) in [5.41, 5.74) is -0.256. The smallest absolute Gasteiger partial charge is 0.339 e. The zero-order valence-corrected chi connectivity index (χ0v) is 15.2. The van der Waals surface area contributed by atoms with Gasteiger partial charge < -0.3 is 19.7 Å². The van der Waals surface area contributed by atoms with Crippen molar-refractivity contribution in [3.8, 4) is 17.2 Å². The number of hydrogen-bond donors (Lipinski definition) is 2. The maximum Gasteiger partial charge on any atom is 0.339 e. The van der Waals surface area contributed by atoms with Gasteiger partial charge in [0.25, 0.3) is 0 Å². The molecule has 0 fully saturated rings. The Hall–Kier alpha value is -2.74. The lowest BCUT2D eigenvalue weighted by Gasteiger charge is -2.11. The molecule has 0 radical (unpaired) electrons. The average molecular weight is 380 g/mol. The van der Waals surface area contributed by atoms with Crippen LogP contribution in [0.15, 0.2) is 47.4 Å². The van der Waals surface area contributed by atoms with Crippen molar-refractivity contribution in [1.29, 1.82) is 0 Å². The molecular weight excluding hydrogens is 360 g/mol. The molecule has 2 aromatic carbocycles. The van der Waals surface area contributed by atoms with E-state index >= 15 is 0 Å². The second-order valence-electron chi connectivity index (χ2n) is 5.79. The Kier molecular flexibility index (Phi) is 6.10. The number of aromatic carboxylic acids is 1. The van der Waals surface area contributed by atoms with Gasteiger partial charge in [-0.3, -0.25) is 0 Å². The molecule has 0 atom stereocenters. The standard InChI is InChI=1S/C18H20O7S/c1-12(2)25-13-3-6-15(7-4-13)26(22,23)10-9-24-14-5-8-16(18(20)21)17(19)11-14/h3-8,11-12,19H,9-10H2,1-2H3,(H,20,21). The van der Waals surface area contributed by atoms with Crippen LogP contribution in [0.25, 0.3) is 0 Å². The van der Waals surface area contributed by atoms with Gasteiger partial charge in [-0.2, -0.15) is 0 Å². The highest BCUT2D eigenvalue weighted by Gasteiger charge is 2.16. The van der Waals surface area contributed by atoms with Crippen molar-refractivity contribution in [1.82, 2.24) is 0 Å². The van der Waals surface area contributed by atoms with Crippen molar-refractivity contribution >= 4 is 15.8 Å². The van der Waals surface area contributed by atoms with Gasteiger partial charge in [-0.1, -0.05) is 0 Å². The summed E-state index contributed by atoms with van der Waals surface area (Å²) < 4.78 is 35.4. The van der Waals surface area contributed by atoms with Crippen LogP contribution in [-0.2, 0) is 9.84 Å². The van der Waals surface area contributed by atoms with E-state index < -0.39 is 21.6 Å². The number of sulfone groups is 1. The molecule has 0 saturated heterocycles. The van der Waals surface area contributed by atoms with Crippen LogP contribution >= 0.6 is 0 Å². The van der Waals surface area contributed by atoms with Gasteiger partial charge in [0, 0.05) is 6.07 Å². The highest BCUT2D eigenvalue weighted by Crippen LogP contribution is 2.24. The number of carboxylic acid groups (broad SMARTS) is 1. The summed E-state index contributed by atoms with van der Waals surface area (Å²) in [5.74, 6) is -1.20. The fourth-order valence-corrected chi connectivity index (χ4v) is 3.26. The Morgan fingerprint density at radius 1 is 1.08 bits per heavy atom. The van der Waals surface area contributed by atoms with E-state index in [1.807, 2.05) is 13.8 Å². The predicted molar refractivity (Wildman–Crippen MR) is 94.8 cm³/mol. The normalized spacial score (nSPS) is 11.3. The summed E-state index contributed by atoms with van der Waals surface area (Å²) >= 11 is 0. The molecule has 7 nitrogen and oxygen atoms in total. The van der Waals surface area contributed by atoms with Crippen molar-refractivity contribution in [2.45, 2.75) is 24.8 Å². The van der Waals surface area contributed by atoms with E-state index in [1.165, 1.54) is 24.3 Å². The number of hydrogen-bond acceptors (Lipinski definition) is 6. The molecule has 0 aliphatic rings. The molecule has 8 heteroatoms. The maximum absolute atomic E-state index is 12.3. The molecule has 0 aliphatic heterocycles. The second-order valence-corrected chi connectivity index (χ2v) is 7.90. The maximum atomic E-state index is 12.3. The van der Waals surface area contributed by atoms with Crippen LogP contribution in [0.4, 0.5) is 0 Å². The minimum Gasteiger partial charge on any atom is -0.507 e. The predicted octanol–water partition coefficient (Wildman–Crippen LogP) is 2.73. The van der Waals surface area contributed by atoms with Gasteiger partial charge in [0.2, 0.25) is 0 Å². The van der Waals surface area contributed by atoms with E-state index in [-0.39, 0.29) is 34.7 Å². The van der Waals surface area contributed by atoms with Crippen LogP contribution in [0, 0.1) is 0 Å². The summed E-state index contributed by atoms with van der Waals surface area (Å²) in [5, 5.41) is 18.4. The van der Waals surface area contributed by atoms with Crippen molar-refractivity contribution in [3.05, 3.63) is 48.0 Å². The van der Waals surface area contributed by atoms with Crippen molar-refractivity contribution in [2.75, 3.05) is 12.4 Å². The van der Waals surface area contributed by atoms with Crippen molar-refractivity contribution < 1.29 is 32.9 Å². The molecule has 140 valence electrons. The first-order valence-electron chi connectivity index (χ1n) is 7.87. The molecule has 0 aromatic heterocycles. The molecule has 0 aliphatic carbocycles. The summed E-state index contributed by atoms with van der Waals surface area (Å²) in [6, 6.07) is 9.81. The molecule has 0 heterocycles. The molecule has 2 aromatic rings. The lowest BCUT2D eigenvalue weighted by atomic mass is 10.2. The Morgan fingerprint density at radius 3 is 2.23 bits per heavy atom. The Balaban J connectivity index is 1.98. The average Bonchev–Trinajstić information content (AvgIpc) is 2.54. The number of rotatable bonds is 8. The number of aromatic hydroxyl groups is 1. The van der Waals surface area contributed by atoms with Crippen LogP contribution in [-0.4, -0.2) is 43.1 Å². The fourth-order valence-electron chi connectivity index (χ4n) is 2.17. The molecule has 0 saturated carbocycles. The molecular formula is C18H20O7S. The van der Waals surface area contributed by atoms with Gasteiger partial charge in [0.1, 0.15) is 29.4 Å². The van der Waals surface area contributed by atoms with Gasteiger partial charge in [0.05, 0.1) is 16.8 Å². The minimum absolute atomic E-state index is 0.00483. The Labute approximate surface area is 151 Å². The largest absolute Gasteiger partial charge is 0.507 e. The molecule has 26 heavy (non-hydrogen) atoms. The van der Waals surface area contributed by atoms with Crippen LogP contribution < -0.4 is 9.47 Å². The minimum atomic E-state index is -3.54. The van der Waals surface area contributed by atoms with E-state index in [0.717, 1.165) is 6.07 Å². The number of carbonyl (C=O) groups is 1. The fraction of sp³-hybridized carbons (Fsp3) is 0.278. The highest BCUT2D eigenvalue weighted by molar-refractivity contribution is 7.91. The molecule has 0 unspecified atom stereocenters. The van der Waals surface area contributed by atoms with Gasteiger partial charge in [0.15, 0.2) is 9.84 Å². The summed E-state index contributed by atoms with van der Waals surface area (Å²) in [6.07, 6.45) is -0.00483. The lowest BCUT2D eigenvalue weighted by Crippen LogP contribution is -2.14. The van der Waals surface area contributed by atoms with Gasteiger partial charge in [-0.25, -0.2) is 13.2 Å². The SMILES string of the molecule is CC(C)Oc1ccc(S(=O)(=O)CCOc2ccc(C(=O)O)c(O)c2)cc1. The first-order valence-corrected chi connectivity index (χ1v) is 9.53. The first kappa shape index (κ1) is 19.6. The quantitative estimate of drug-likeness (QED) is 0.724. The number of carboxylic acids is 1. The van der Waals surface area contributed by atoms with Gasteiger partial charge in [-0.15, -0.1) is 0 Å². The third-order valence-electron chi connectivity index (χ3n) is 3.38. The van der Waals surface area contributed by atoms with Crippen LogP contribution in [0.5, 0.6) is 17.2 Å². The van der Waals surface area contributed by atoms with Crippen molar-refractivity contribution in [3.63, 3.8) is 0 Å². The zero-order valence-electron chi connectivity index (χ0n) is 14.4. The van der Waals surface area contributed by atoms with Gasteiger partial charge >= 0.3 is 5.97 Å². The summed E-state index contributed by atoms with van der Waals surface area (Å²) in [6.45, 7) is 3.62. The van der Waals surface area contributed by atoms with Crippen LogP contribution in [0.1, 0.15) is 24.2 Å². The highest BCUT2D eigenvalue weighted by atomic mass is 32.2. The summed E-state index contributed by atoms with van der Waals surface area (Å²) in [7, 11) is -3.54. The molecule has 2 rings (SSSR count). The lowest BCUT2D eigenvalue weighted by molar-refractivity contribution is 0.0693. The van der Waals surface area contributed by atoms with E-state index in [4.69, 9.17) is 14.6 Å². The van der Waals surface area contributed by atoms with Crippen LogP contribution in [0.2, 0.25) is 0 Å². The molecule has 0 amide bonds. The number of ether oxygens (including phenoxy) is 2. The Bertz CT molecular complexity index is 871. The van der Waals surface area contributed by atoms with E-state index in [9.17, 15) is 18.3 Å². The molecule has 2 N–H and O–H groups in total.